The number of ketones is 1. The number of benzene rings is 1. The number of nitrogens with zero attached hydrogens (tertiary/aromatic N) is 1. The topological polar surface area (TPSA) is 66.5 Å². The second-order valence-electron chi connectivity index (χ2n) is 7.55. The van der Waals surface area contributed by atoms with Gasteiger partial charge >= 0.3 is 0 Å². The fraction of sp³-hybridized carbons (Fsp3) is 0.345. The number of hydrogen-bond acceptors (Lipinski definition) is 5. The van der Waals surface area contributed by atoms with Gasteiger partial charge in [-0.25, -0.2) is 0 Å². The number of amides is 1. The third-order valence-corrected chi connectivity index (χ3v) is 5.94. The molecular formula is C29H40N2O3S. The molecule has 0 aliphatic rings. The number of anilines is 1. The van der Waals surface area contributed by atoms with Crippen molar-refractivity contribution in [2.24, 2.45) is 0 Å². The van der Waals surface area contributed by atoms with Crippen LogP contribution in [0.25, 0.3) is 0 Å². The molecule has 0 fully saturated rings. The number of aryl methyl sites for hydroxylation is 1. The average Bonchev–Trinajstić information content (AvgIpc) is 3.25. The molecule has 35 heavy (non-hydrogen) atoms. The first-order valence-electron chi connectivity index (χ1n) is 11.8. The van der Waals surface area contributed by atoms with Crippen molar-refractivity contribution in [3.8, 4) is 0 Å². The molecule has 2 aromatic rings. The van der Waals surface area contributed by atoms with Crippen LogP contribution in [0.5, 0.6) is 0 Å². The van der Waals surface area contributed by atoms with E-state index in [1.165, 1.54) is 16.9 Å². The molecule has 0 atom stereocenters. The predicted octanol–water partition coefficient (Wildman–Crippen LogP) is 6.81. The lowest BCUT2D eigenvalue weighted by atomic mass is 10.1. The summed E-state index contributed by atoms with van der Waals surface area (Å²) in [5.41, 5.74) is 3.03. The van der Waals surface area contributed by atoms with Crippen molar-refractivity contribution in [3.05, 3.63) is 88.9 Å². The summed E-state index contributed by atoms with van der Waals surface area (Å²) < 4.78 is 0. The molecule has 190 valence electrons. The van der Waals surface area contributed by atoms with Gasteiger partial charge in [-0.2, -0.15) is 0 Å². The van der Waals surface area contributed by atoms with E-state index in [0.717, 1.165) is 35.4 Å². The number of Topliss-reactive ketones (excluding diaryl/α,β-unsaturated/α-hetero) is 1. The van der Waals surface area contributed by atoms with Crippen molar-refractivity contribution in [2.75, 3.05) is 25.0 Å². The lowest BCUT2D eigenvalue weighted by Gasteiger charge is -2.17. The molecule has 0 bridgehead atoms. The fourth-order valence-electron chi connectivity index (χ4n) is 2.86. The first-order chi connectivity index (χ1) is 16.8. The van der Waals surface area contributed by atoms with E-state index in [0.29, 0.717) is 17.8 Å². The first-order valence-corrected chi connectivity index (χ1v) is 12.6. The number of thiophene rings is 1. The van der Waals surface area contributed by atoms with Crippen molar-refractivity contribution in [3.63, 3.8) is 0 Å². The standard InChI is InChI=1S/C11H15NO2S.C9H15N.C9H10O/c1-4-5-12(9(3)14)11-6-8(2)10(7-13)15-11;1-4-6-7-9(5-2)8-10-3;1-2-9(10)8-6-4-3-5-7-8/h6-7H,4-5H2,1-3H3;4-7,10H,1,8H2,2-3H3;3-7H,2H2,1H3/b;7-6-,9-5+;. The molecule has 1 aromatic heterocycles. The van der Waals surface area contributed by atoms with Crippen molar-refractivity contribution in [1.29, 1.82) is 0 Å². The van der Waals surface area contributed by atoms with Gasteiger partial charge in [0.1, 0.15) is 0 Å². The molecule has 0 aliphatic heterocycles. The zero-order chi connectivity index (χ0) is 26.6. The number of allylic oxidation sites excluding steroid dienone is 3. The number of likely N-dealkylation sites (N-methyl/N-ethyl adjacent to an activating group) is 1. The molecule has 1 amide bonds. The number of nitrogens with one attached hydrogen (secondary N) is 1. The molecule has 0 spiro atoms. The van der Waals surface area contributed by atoms with Crippen LogP contribution in [0, 0.1) is 6.92 Å². The lowest BCUT2D eigenvalue weighted by Crippen LogP contribution is -2.28. The number of carbonyl (C=O) groups is 3. The zero-order valence-corrected chi connectivity index (χ0v) is 22.8. The minimum Gasteiger partial charge on any atom is -0.316 e. The Kier molecular flexibility index (Phi) is 17.5. The summed E-state index contributed by atoms with van der Waals surface area (Å²) in [4.78, 5) is 35.5. The number of aldehydes is 1. The summed E-state index contributed by atoms with van der Waals surface area (Å²) in [6.45, 7) is 14.6. The Balaban J connectivity index is 0.000000513. The van der Waals surface area contributed by atoms with E-state index in [2.05, 4.69) is 18.0 Å². The van der Waals surface area contributed by atoms with E-state index in [1.54, 1.807) is 17.9 Å². The summed E-state index contributed by atoms with van der Waals surface area (Å²) >= 11 is 1.37. The van der Waals surface area contributed by atoms with E-state index >= 15 is 0 Å². The summed E-state index contributed by atoms with van der Waals surface area (Å²) in [6, 6.07) is 11.2. The minimum absolute atomic E-state index is 0.0237. The number of rotatable bonds is 10. The summed E-state index contributed by atoms with van der Waals surface area (Å²) in [5.74, 6) is 0.233. The molecular weight excluding hydrogens is 456 g/mol. The van der Waals surface area contributed by atoms with Crippen LogP contribution in [0.1, 0.15) is 66.1 Å². The number of hydrogen-bond donors (Lipinski definition) is 1. The Morgan fingerprint density at radius 1 is 1.17 bits per heavy atom. The Bertz CT molecular complexity index is 975. The molecule has 0 saturated heterocycles. The third kappa shape index (κ3) is 12.8. The van der Waals surface area contributed by atoms with Gasteiger partial charge in [-0.1, -0.05) is 75.1 Å². The quantitative estimate of drug-likeness (QED) is 0.223. The predicted molar refractivity (Wildman–Crippen MR) is 151 cm³/mol. The van der Waals surface area contributed by atoms with Crippen molar-refractivity contribution < 1.29 is 14.4 Å². The van der Waals surface area contributed by atoms with Gasteiger partial charge in [0.2, 0.25) is 5.91 Å². The Morgan fingerprint density at radius 3 is 2.26 bits per heavy atom. The van der Waals surface area contributed by atoms with Crippen molar-refractivity contribution in [2.45, 2.75) is 47.5 Å². The van der Waals surface area contributed by atoms with Crippen LogP contribution in [-0.2, 0) is 4.79 Å². The molecule has 6 heteroatoms. The Labute approximate surface area is 215 Å². The third-order valence-electron chi connectivity index (χ3n) is 4.76. The van der Waals surface area contributed by atoms with Gasteiger partial charge in [-0.3, -0.25) is 14.4 Å². The maximum atomic E-state index is 11.4. The van der Waals surface area contributed by atoms with Gasteiger partial charge in [0.05, 0.1) is 9.88 Å². The molecule has 1 N–H and O–H groups in total. The van der Waals surface area contributed by atoms with Crippen molar-refractivity contribution in [1.82, 2.24) is 5.32 Å². The highest BCUT2D eigenvalue weighted by Crippen LogP contribution is 2.29. The first kappa shape index (κ1) is 31.9. The van der Waals surface area contributed by atoms with Gasteiger partial charge in [-0.15, -0.1) is 11.3 Å². The smallest absolute Gasteiger partial charge is 0.224 e. The fourth-order valence-corrected chi connectivity index (χ4v) is 3.92. The highest BCUT2D eigenvalue weighted by atomic mass is 32.1. The van der Waals surface area contributed by atoms with Gasteiger partial charge in [-0.05, 0) is 44.5 Å². The molecule has 5 nitrogen and oxygen atoms in total. The normalized spacial score (nSPS) is 10.5. The largest absolute Gasteiger partial charge is 0.316 e. The summed E-state index contributed by atoms with van der Waals surface area (Å²) in [6.07, 6.45) is 10.2. The van der Waals surface area contributed by atoms with E-state index in [1.807, 2.05) is 83.3 Å². The second kappa shape index (κ2) is 19.2. The SMILES string of the molecule is C=C/C=C\C(=C/C)CNC.CCC(=O)c1ccccc1.CCCN(C(C)=O)c1cc(C)c(C=O)s1. The number of carbonyl (C=O) groups excluding carboxylic acids is 3. The summed E-state index contributed by atoms with van der Waals surface area (Å²) in [7, 11) is 1.94. The van der Waals surface area contributed by atoms with Gasteiger partial charge in [0.15, 0.2) is 12.1 Å². The van der Waals surface area contributed by atoms with Crippen LogP contribution >= 0.6 is 11.3 Å². The van der Waals surface area contributed by atoms with Crippen LogP contribution in [0.4, 0.5) is 5.00 Å². The molecule has 0 unspecified atom stereocenters. The maximum absolute atomic E-state index is 11.4. The van der Waals surface area contributed by atoms with Gasteiger partial charge < -0.3 is 10.2 Å². The highest BCUT2D eigenvalue weighted by molar-refractivity contribution is 7.18. The zero-order valence-electron chi connectivity index (χ0n) is 22.0. The molecule has 0 aliphatic carbocycles. The van der Waals surface area contributed by atoms with Crippen LogP contribution in [-0.4, -0.2) is 38.1 Å². The monoisotopic (exact) mass is 496 g/mol. The van der Waals surface area contributed by atoms with Gasteiger partial charge in [0.25, 0.3) is 0 Å². The van der Waals surface area contributed by atoms with Crippen LogP contribution in [0.3, 0.4) is 0 Å². The van der Waals surface area contributed by atoms with E-state index < -0.39 is 0 Å². The van der Waals surface area contributed by atoms with E-state index in [9.17, 15) is 14.4 Å². The highest BCUT2D eigenvalue weighted by Gasteiger charge is 2.14. The molecule has 0 saturated carbocycles. The van der Waals surface area contributed by atoms with Crippen molar-refractivity contribution >= 4 is 34.3 Å². The molecule has 2 rings (SSSR count). The average molecular weight is 497 g/mol. The van der Waals surface area contributed by atoms with E-state index in [4.69, 9.17) is 0 Å². The second-order valence-corrected chi connectivity index (χ2v) is 8.61. The van der Waals surface area contributed by atoms with Gasteiger partial charge in [0, 0.05) is 32.0 Å². The Hall–Kier alpha value is -3.09. The van der Waals surface area contributed by atoms with E-state index in [-0.39, 0.29) is 11.7 Å². The van der Waals surface area contributed by atoms with Crippen LogP contribution < -0.4 is 10.2 Å². The van der Waals surface area contributed by atoms with Crippen LogP contribution in [0.2, 0.25) is 0 Å². The minimum atomic E-state index is 0.0237. The maximum Gasteiger partial charge on any atom is 0.224 e. The van der Waals surface area contributed by atoms with Crippen LogP contribution in [0.15, 0.2) is 72.9 Å². The lowest BCUT2D eigenvalue weighted by molar-refractivity contribution is -0.116. The Morgan fingerprint density at radius 2 is 1.83 bits per heavy atom. The molecule has 1 aromatic carbocycles. The molecule has 0 radical (unpaired) electrons. The molecule has 1 heterocycles. The summed E-state index contributed by atoms with van der Waals surface area (Å²) in [5, 5.41) is 3.94.